The molecule has 0 spiro atoms. The zero-order valence-electron chi connectivity index (χ0n) is 11.9. The third-order valence-corrected chi connectivity index (χ3v) is 2.90. The average molecular weight is 275 g/mol. The van der Waals surface area contributed by atoms with Gasteiger partial charge in [0.1, 0.15) is 11.6 Å². The fraction of sp³-hybridized carbons (Fsp3) is 0.333. The van der Waals surface area contributed by atoms with E-state index in [1.807, 2.05) is 31.2 Å². The quantitative estimate of drug-likeness (QED) is 0.911. The lowest BCUT2D eigenvalue weighted by molar-refractivity contribution is 0.414. The summed E-state index contributed by atoms with van der Waals surface area (Å²) in [5.74, 6) is 1.25. The molecule has 1 N–H and O–H groups in total. The van der Waals surface area contributed by atoms with Gasteiger partial charge in [-0.05, 0) is 31.5 Å². The van der Waals surface area contributed by atoms with Crippen LogP contribution in [0.5, 0.6) is 5.75 Å². The van der Waals surface area contributed by atoms with Crippen LogP contribution in [0, 0.1) is 12.7 Å². The molecule has 0 aliphatic carbocycles. The van der Waals surface area contributed by atoms with Gasteiger partial charge in [0.15, 0.2) is 11.6 Å². The van der Waals surface area contributed by atoms with Crippen LogP contribution < -0.4 is 10.1 Å². The maximum Gasteiger partial charge on any atom is 0.186 e. The van der Waals surface area contributed by atoms with Gasteiger partial charge in [0, 0.05) is 13.0 Å². The molecule has 1 aromatic carbocycles. The third kappa shape index (κ3) is 3.23. The van der Waals surface area contributed by atoms with Crippen molar-refractivity contribution in [1.82, 2.24) is 9.97 Å². The Balaban J connectivity index is 2.28. The molecule has 0 unspecified atom stereocenters. The predicted molar refractivity (Wildman–Crippen MR) is 76.7 cm³/mol. The van der Waals surface area contributed by atoms with Gasteiger partial charge < -0.3 is 10.1 Å². The van der Waals surface area contributed by atoms with Crippen molar-refractivity contribution in [3.8, 4) is 5.75 Å². The van der Waals surface area contributed by atoms with Crippen LogP contribution in [0.25, 0.3) is 0 Å². The molecule has 0 saturated heterocycles. The number of nitrogens with zero attached hydrogens (tertiary/aromatic N) is 2. The van der Waals surface area contributed by atoms with E-state index in [1.54, 1.807) is 14.0 Å². The highest BCUT2D eigenvalue weighted by Gasteiger charge is 2.11. The number of hydrogen-bond donors (Lipinski definition) is 1. The van der Waals surface area contributed by atoms with E-state index in [2.05, 4.69) is 15.3 Å². The first-order valence-corrected chi connectivity index (χ1v) is 6.53. The largest absolute Gasteiger partial charge is 0.497 e. The zero-order valence-corrected chi connectivity index (χ0v) is 11.9. The molecule has 106 valence electrons. The van der Waals surface area contributed by atoms with Gasteiger partial charge in [-0.1, -0.05) is 12.1 Å². The summed E-state index contributed by atoms with van der Waals surface area (Å²) >= 11 is 0. The summed E-state index contributed by atoms with van der Waals surface area (Å²) in [4.78, 5) is 8.44. The molecule has 1 aromatic heterocycles. The van der Waals surface area contributed by atoms with Crippen molar-refractivity contribution in [3.63, 3.8) is 0 Å². The van der Waals surface area contributed by atoms with Crippen molar-refractivity contribution < 1.29 is 9.13 Å². The van der Waals surface area contributed by atoms with Crippen molar-refractivity contribution in [3.05, 3.63) is 47.2 Å². The van der Waals surface area contributed by atoms with Crippen molar-refractivity contribution in [2.24, 2.45) is 0 Å². The molecule has 4 nitrogen and oxygen atoms in total. The molecule has 0 aliphatic rings. The molecule has 2 aromatic rings. The molecule has 1 heterocycles. The van der Waals surface area contributed by atoms with Gasteiger partial charge >= 0.3 is 0 Å². The van der Waals surface area contributed by atoms with Crippen LogP contribution in [0.2, 0.25) is 0 Å². The van der Waals surface area contributed by atoms with E-state index >= 15 is 0 Å². The molecule has 0 radical (unpaired) electrons. The fourth-order valence-corrected chi connectivity index (χ4v) is 1.95. The number of aromatic nitrogens is 2. The standard InChI is InChI=1S/C15H18FN3O/c1-4-17-15-14(16)10(2)18-13(19-15)9-11-6-5-7-12(8-11)20-3/h5-8H,4,9H2,1-3H3,(H,17,18,19). The first-order valence-electron chi connectivity index (χ1n) is 6.53. The second kappa shape index (κ2) is 6.32. The Morgan fingerprint density at radius 1 is 1.30 bits per heavy atom. The van der Waals surface area contributed by atoms with Crippen LogP contribution in [0.3, 0.4) is 0 Å². The van der Waals surface area contributed by atoms with E-state index in [0.29, 0.717) is 24.5 Å². The Hall–Kier alpha value is -2.17. The van der Waals surface area contributed by atoms with E-state index < -0.39 is 0 Å². The number of nitrogens with one attached hydrogen (secondary N) is 1. The average Bonchev–Trinajstić information content (AvgIpc) is 2.44. The summed E-state index contributed by atoms with van der Waals surface area (Å²) in [6, 6.07) is 7.69. The minimum Gasteiger partial charge on any atom is -0.497 e. The molecule has 0 bridgehead atoms. The minimum absolute atomic E-state index is 0.262. The van der Waals surface area contributed by atoms with Gasteiger partial charge in [-0.15, -0.1) is 0 Å². The van der Waals surface area contributed by atoms with Crippen molar-refractivity contribution in [2.45, 2.75) is 20.3 Å². The molecule has 0 saturated carbocycles. The summed E-state index contributed by atoms with van der Waals surface area (Å²) in [5, 5.41) is 2.91. The van der Waals surface area contributed by atoms with Gasteiger partial charge in [0.05, 0.1) is 12.8 Å². The number of hydrogen-bond acceptors (Lipinski definition) is 4. The lowest BCUT2D eigenvalue weighted by Gasteiger charge is -2.09. The number of methoxy groups -OCH3 is 1. The molecular weight excluding hydrogens is 257 g/mol. The van der Waals surface area contributed by atoms with Crippen LogP contribution in [0.15, 0.2) is 24.3 Å². The van der Waals surface area contributed by atoms with E-state index in [0.717, 1.165) is 11.3 Å². The molecule has 0 aliphatic heterocycles. The Kier molecular flexibility index (Phi) is 4.50. The third-order valence-electron chi connectivity index (χ3n) is 2.90. The second-order valence-corrected chi connectivity index (χ2v) is 4.45. The lowest BCUT2D eigenvalue weighted by Crippen LogP contribution is -2.09. The smallest absolute Gasteiger partial charge is 0.186 e. The molecule has 0 fully saturated rings. The molecule has 2 rings (SSSR count). The Morgan fingerprint density at radius 2 is 2.10 bits per heavy atom. The summed E-state index contributed by atoms with van der Waals surface area (Å²) in [5.41, 5.74) is 1.38. The number of rotatable bonds is 5. The first-order chi connectivity index (χ1) is 9.63. The first kappa shape index (κ1) is 14.2. The monoisotopic (exact) mass is 275 g/mol. The van der Waals surface area contributed by atoms with Crippen LogP contribution in [-0.4, -0.2) is 23.6 Å². The maximum atomic E-state index is 13.8. The normalized spacial score (nSPS) is 10.4. The highest BCUT2D eigenvalue weighted by molar-refractivity contribution is 5.39. The second-order valence-electron chi connectivity index (χ2n) is 4.45. The maximum absolute atomic E-state index is 13.8. The molecular formula is C15H18FN3O. The highest BCUT2D eigenvalue weighted by Crippen LogP contribution is 2.18. The summed E-state index contributed by atoms with van der Waals surface area (Å²) in [6.07, 6.45) is 0.538. The number of ether oxygens (including phenoxy) is 1. The van der Waals surface area contributed by atoms with E-state index in [-0.39, 0.29) is 11.6 Å². The number of aryl methyl sites for hydroxylation is 1. The van der Waals surface area contributed by atoms with Crippen molar-refractivity contribution in [1.29, 1.82) is 0 Å². The Labute approximate surface area is 118 Å². The Morgan fingerprint density at radius 3 is 2.80 bits per heavy atom. The van der Waals surface area contributed by atoms with Gasteiger partial charge in [-0.25, -0.2) is 14.4 Å². The molecule has 0 atom stereocenters. The minimum atomic E-state index is -0.388. The molecule has 20 heavy (non-hydrogen) atoms. The number of anilines is 1. The fourth-order valence-electron chi connectivity index (χ4n) is 1.95. The lowest BCUT2D eigenvalue weighted by atomic mass is 10.1. The van der Waals surface area contributed by atoms with Crippen LogP contribution in [0.4, 0.5) is 10.2 Å². The van der Waals surface area contributed by atoms with Gasteiger partial charge in [-0.3, -0.25) is 0 Å². The zero-order chi connectivity index (χ0) is 14.5. The van der Waals surface area contributed by atoms with Gasteiger partial charge in [-0.2, -0.15) is 0 Å². The van der Waals surface area contributed by atoms with Gasteiger partial charge in [0.2, 0.25) is 0 Å². The van der Waals surface area contributed by atoms with Crippen LogP contribution in [0.1, 0.15) is 24.0 Å². The number of benzene rings is 1. The molecule has 5 heteroatoms. The molecule has 0 amide bonds. The van der Waals surface area contributed by atoms with E-state index in [4.69, 9.17) is 4.74 Å². The van der Waals surface area contributed by atoms with Crippen molar-refractivity contribution in [2.75, 3.05) is 19.0 Å². The van der Waals surface area contributed by atoms with Crippen LogP contribution in [-0.2, 0) is 6.42 Å². The predicted octanol–water partition coefficient (Wildman–Crippen LogP) is 2.96. The Bertz CT molecular complexity index is 602. The summed E-state index contributed by atoms with van der Waals surface area (Å²) < 4.78 is 19.0. The SMILES string of the molecule is CCNc1nc(Cc2cccc(OC)c2)nc(C)c1F. The number of halogens is 1. The van der Waals surface area contributed by atoms with E-state index in [9.17, 15) is 4.39 Å². The highest BCUT2D eigenvalue weighted by atomic mass is 19.1. The topological polar surface area (TPSA) is 47.0 Å². The van der Waals surface area contributed by atoms with Crippen molar-refractivity contribution >= 4 is 5.82 Å². The summed E-state index contributed by atoms with van der Waals surface area (Å²) in [7, 11) is 1.63. The summed E-state index contributed by atoms with van der Waals surface area (Å²) in [6.45, 7) is 4.16. The van der Waals surface area contributed by atoms with E-state index in [1.165, 1.54) is 0 Å². The van der Waals surface area contributed by atoms with Gasteiger partial charge in [0.25, 0.3) is 0 Å². The van der Waals surface area contributed by atoms with Crippen LogP contribution >= 0.6 is 0 Å².